The minimum atomic E-state index is -0.695. The van der Waals surface area contributed by atoms with Crippen molar-refractivity contribution < 1.29 is 9.47 Å². The van der Waals surface area contributed by atoms with Crippen molar-refractivity contribution in [1.29, 1.82) is 15.8 Å². The number of hydrogen-bond donors (Lipinski definition) is 4. The van der Waals surface area contributed by atoms with Crippen LogP contribution in [0.3, 0.4) is 0 Å². The number of nitrogens with two attached hydrogens (primary N) is 2. The van der Waals surface area contributed by atoms with Gasteiger partial charge in [0.2, 0.25) is 5.96 Å². The van der Waals surface area contributed by atoms with Gasteiger partial charge in [0.1, 0.15) is 29.3 Å². The summed E-state index contributed by atoms with van der Waals surface area (Å²) < 4.78 is 11.2. The molecule has 11 heteroatoms. The molecule has 2 heterocycles. The van der Waals surface area contributed by atoms with Crippen LogP contribution < -0.4 is 31.6 Å². The molecule has 1 aliphatic rings. The van der Waals surface area contributed by atoms with E-state index in [1.54, 1.807) is 24.4 Å². The Bertz CT molecular complexity index is 1160. The lowest BCUT2D eigenvalue weighted by atomic mass is 9.95. The van der Waals surface area contributed by atoms with Gasteiger partial charge in [-0.3, -0.25) is 5.32 Å². The first kappa shape index (κ1) is 21.0. The van der Waals surface area contributed by atoms with Crippen molar-refractivity contribution in [3.63, 3.8) is 0 Å². The van der Waals surface area contributed by atoms with Crippen LogP contribution in [-0.2, 0) is 0 Å². The fourth-order valence-corrected chi connectivity index (χ4v) is 3.13. The predicted molar refractivity (Wildman–Crippen MR) is 113 cm³/mol. The van der Waals surface area contributed by atoms with Crippen molar-refractivity contribution in [3.8, 4) is 29.8 Å². The number of fused-ring (bicyclic) bond motifs is 1. The summed E-state index contributed by atoms with van der Waals surface area (Å²) in [7, 11) is 1.52. The summed E-state index contributed by atoms with van der Waals surface area (Å²) in [5, 5.41) is 32.5. The lowest BCUT2D eigenvalue weighted by Gasteiger charge is -2.26. The standard InChI is InChI=1S/C20H19N9O2/c1-30-13-5-4-11(8-14(13)31-7-3-2-6-21)17-15-16(24)12(9-22)18(25)28-19(15)29-20(27-17)26-10-23/h4-5,8,17H,2-3,7H2,1H3,(H6,24,25,26,27,28,29). The number of nitrogen functional groups attached to an aromatic ring is 2. The van der Waals surface area contributed by atoms with E-state index >= 15 is 0 Å². The molecule has 0 amide bonds. The van der Waals surface area contributed by atoms with Crippen molar-refractivity contribution in [2.45, 2.75) is 18.9 Å². The Morgan fingerprint density at radius 3 is 2.71 bits per heavy atom. The van der Waals surface area contributed by atoms with Gasteiger partial charge in [-0.05, 0) is 24.1 Å². The zero-order valence-electron chi connectivity index (χ0n) is 16.6. The fourth-order valence-electron chi connectivity index (χ4n) is 3.13. The molecular weight excluding hydrogens is 398 g/mol. The molecule has 0 saturated carbocycles. The van der Waals surface area contributed by atoms with Crippen molar-refractivity contribution in [3.05, 3.63) is 34.9 Å². The van der Waals surface area contributed by atoms with E-state index in [1.807, 2.05) is 6.07 Å². The van der Waals surface area contributed by atoms with E-state index in [4.69, 9.17) is 31.5 Å². The minimum Gasteiger partial charge on any atom is -0.493 e. The quantitative estimate of drug-likeness (QED) is 0.306. The van der Waals surface area contributed by atoms with Crippen LogP contribution in [-0.4, -0.2) is 24.7 Å². The van der Waals surface area contributed by atoms with E-state index in [0.717, 1.165) is 0 Å². The van der Waals surface area contributed by atoms with Gasteiger partial charge in [-0.15, -0.1) is 0 Å². The number of pyridine rings is 1. The van der Waals surface area contributed by atoms with E-state index in [0.29, 0.717) is 47.9 Å². The summed E-state index contributed by atoms with van der Waals surface area (Å²) in [4.78, 5) is 8.74. The molecular formula is C20H19N9O2. The summed E-state index contributed by atoms with van der Waals surface area (Å²) in [5.41, 5.74) is 13.4. The molecule has 0 spiro atoms. The molecule has 1 aliphatic heterocycles. The molecule has 0 radical (unpaired) electrons. The van der Waals surface area contributed by atoms with Crippen molar-refractivity contribution in [1.82, 2.24) is 10.3 Å². The van der Waals surface area contributed by atoms with Crippen molar-refractivity contribution >= 4 is 23.3 Å². The number of methoxy groups -OCH3 is 1. The zero-order valence-corrected chi connectivity index (χ0v) is 16.6. The van der Waals surface area contributed by atoms with E-state index in [2.05, 4.69) is 26.7 Å². The van der Waals surface area contributed by atoms with Crippen molar-refractivity contribution in [2.75, 3.05) is 30.5 Å². The van der Waals surface area contributed by atoms with Gasteiger partial charge in [-0.2, -0.15) is 15.8 Å². The van der Waals surface area contributed by atoms with E-state index in [9.17, 15) is 5.26 Å². The molecule has 0 saturated heterocycles. The average molecular weight is 417 g/mol. The summed E-state index contributed by atoms with van der Waals surface area (Å²) in [6.45, 7) is 0.333. The number of ether oxygens (including phenoxy) is 2. The highest BCUT2D eigenvalue weighted by Gasteiger charge is 2.30. The molecule has 1 aromatic heterocycles. The first-order valence-electron chi connectivity index (χ1n) is 9.20. The highest BCUT2D eigenvalue weighted by molar-refractivity contribution is 5.98. The number of benzene rings is 1. The molecule has 2 aromatic rings. The summed E-state index contributed by atoms with van der Waals surface area (Å²) in [6.07, 6.45) is 2.74. The first-order valence-corrected chi connectivity index (χ1v) is 9.20. The van der Waals surface area contributed by atoms with Gasteiger partial charge < -0.3 is 26.3 Å². The lowest BCUT2D eigenvalue weighted by Crippen LogP contribution is -2.32. The van der Waals surface area contributed by atoms with Gasteiger partial charge >= 0.3 is 0 Å². The molecule has 6 N–H and O–H groups in total. The number of nitrogens with zero attached hydrogens (tertiary/aromatic N) is 5. The minimum absolute atomic E-state index is 0.0283. The number of nitriles is 3. The number of nitrogens with one attached hydrogen (secondary N) is 2. The third-order valence-electron chi connectivity index (χ3n) is 4.55. The Morgan fingerprint density at radius 2 is 2.03 bits per heavy atom. The summed E-state index contributed by atoms with van der Waals surface area (Å²) >= 11 is 0. The highest BCUT2D eigenvalue weighted by atomic mass is 16.5. The summed E-state index contributed by atoms with van der Waals surface area (Å²) in [6, 6.07) is 8.57. The number of anilines is 3. The third kappa shape index (κ3) is 4.19. The molecule has 1 unspecified atom stereocenters. The van der Waals surface area contributed by atoms with Crippen LogP contribution in [0.4, 0.5) is 17.3 Å². The van der Waals surface area contributed by atoms with Crippen LogP contribution in [0.25, 0.3) is 0 Å². The topological polar surface area (TPSA) is 191 Å². The molecule has 1 aromatic carbocycles. The Labute approximate surface area is 178 Å². The van der Waals surface area contributed by atoms with Gasteiger partial charge in [0, 0.05) is 12.0 Å². The van der Waals surface area contributed by atoms with Crippen molar-refractivity contribution in [2.24, 2.45) is 4.99 Å². The van der Waals surface area contributed by atoms with Crippen LogP contribution in [0.2, 0.25) is 0 Å². The monoisotopic (exact) mass is 417 g/mol. The molecule has 31 heavy (non-hydrogen) atoms. The maximum absolute atomic E-state index is 9.43. The SMILES string of the molecule is COc1ccc(C2N=C(NC#N)Nc3nc(N)c(C#N)c(N)c32)cc1OCCCC#N. The van der Waals surface area contributed by atoms with Crippen LogP contribution >= 0.6 is 0 Å². The molecule has 11 nitrogen and oxygen atoms in total. The Balaban J connectivity index is 2.10. The summed E-state index contributed by atoms with van der Waals surface area (Å²) in [5.74, 6) is 1.39. The van der Waals surface area contributed by atoms with E-state index < -0.39 is 6.04 Å². The van der Waals surface area contributed by atoms with Crippen LogP contribution in [0, 0.1) is 34.1 Å². The van der Waals surface area contributed by atoms with E-state index in [1.165, 1.54) is 7.11 Å². The predicted octanol–water partition coefficient (Wildman–Crippen LogP) is 1.75. The van der Waals surface area contributed by atoms with Crippen LogP contribution in [0.5, 0.6) is 11.5 Å². The second-order valence-corrected chi connectivity index (χ2v) is 6.42. The maximum atomic E-state index is 9.43. The third-order valence-corrected chi connectivity index (χ3v) is 4.55. The van der Waals surface area contributed by atoms with Crippen LogP contribution in [0.15, 0.2) is 23.2 Å². The number of aliphatic imine (C=N–C) groups is 1. The molecule has 0 bridgehead atoms. The lowest BCUT2D eigenvalue weighted by molar-refractivity contribution is 0.290. The van der Waals surface area contributed by atoms with E-state index in [-0.39, 0.29) is 23.0 Å². The van der Waals surface area contributed by atoms with Crippen LogP contribution in [0.1, 0.15) is 35.6 Å². The normalized spacial score (nSPS) is 14.0. The highest BCUT2D eigenvalue weighted by Crippen LogP contribution is 2.42. The second-order valence-electron chi connectivity index (χ2n) is 6.42. The zero-order chi connectivity index (χ0) is 22.4. The molecule has 3 rings (SSSR count). The first-order chi connectivity index (χ1) is 15.0. The Morgan fingerprint density at radius 1 is 1.23 bits per heavy atom. The number of unbranched alkanes of at least 4 members (excludes halogenated alkanes) is 1. The largest absolute Gasteiger partial charge is 0.493 e. The maximum Gasteiger partial charge on any atom is 0.211 e. The second kappa shape index (κ2) is 9.21. The fraction of sp³-hybridized carbons (Fsp3) is 0.250. The molecule has 0 aliphatic carbocycles. The average Bonchev–Trinajstić information content (AvgIpc) is 2.76. The van der Waals surface area contributed by atoms with Gasteiger partial charge in [0.05, 0.1) is 25.5 Å². The van der Waals surface area contributed by atoms with Gasteiger partial charge in [-0.25, -0.2) is 9.98 Å². The Kier molecular flexibility index (Phi) is 6.24. The number of guanidine groups is 1. The molecule has 1 atom stereocenters. The smallest absolute Gasteiger partial charge is 0.211 e. The van der Waals surface area contributed by atoms with Gasteiger partial charge in [0.15, 0.2) is 17.7 Å². The number of hydrogen-bond acceptors (Lipinski definition) is 11. The number of aromatic nitrogens is 1. The number of rotatable bonds is 6. The molecule has 156 valence electrons. The van der Waals surface area contributed by atoms with Gasteiger partial charge in [0.25, 0.3) is 0 Å². The Hall–Kier alpha value is -4.69. The van der Waals surface area contributed by atoms with Gasteiger partial charge in [-0.1, -0.05) is 6.07 Å². The molecule has 0 fully saturated rings.